The van der Waals surface area contributed by atoms with Crippen molar-refractivity contribution in [2.75, 3.05) is 0 Å². The lowest BCUT2D eigenvalue weighted by Gasteiger charge is -2.02. The lowest BCUT2D eigenvalue weighted by molar-refractivity contribution is 0.673. The number of benzene rings is 4. The average molecular weight is 358 g/mol. The van der Waals surface area contributed by atoms with Gasteiger partial charge in [-0.05, 0) is 6.07 Å². The highest BCUT2D eigenvalue weighted by molar-refractivity contribution is 6.35. The molecular formula is C25H14N2O. The van der Waals surface area contributed by atoms with E-state index in [9.17, 15) is 0 Å². The second-order valence-electron chi connectivity index (χ2n) is 7.29. The van der Waals surface area contributed by atoms with E-state index >= 15 is 0 Å². The number of pyridine rings is 1. The fraction of sp³-hybridized carbons (Fsp3) is 0. The van der Waals surface area contributed by atoms with Gasteiger partial charge >= 0.3 is 0 Å². The molecule has 0 radical (unpaired) electrons. The van der Waals surface area contributed by atoms with Crippen molar-refractivity contribution in [3.8, 4) is 0 Å². The van der Waals surface area contributed by atoms with Crippen LogP contribution in [-0.2, 0) is 0 Å². The van der Waals surface area contributed by atoms with E-state index < -0.39 is 0 Å². The number of H-pyrrole nitrogens is 1. The summed E-state index contributed by atoms with van der Waals surface area (Å²) in [5.74, 6) is 0. The van der Waals surface area contributed by atoms with Crippen molar-refractivity contribution >= 4 is 65.4 Å². The van der Waals surface area contributed by atoms with Crippen LogP contribution in [0, 0.1) is 0 Å². The third-order valence-electron chi connectivity index (χ3n) is 5.82. The van der Waals surface area contributed by atoms with Gasteiger partial charge in [0.25, 0.3) is 0 Å². The molecule has 0 aliphatic rings. The van der Waals surface area contributed by atoms with E-state index in [2.05, 4.69) is 65.6 Å². The summed E-state index contributed by atoms with van der Waals surface area (Å²) < 4.78 is 6.34. The molecule has 4 aromatic carbocycles. The number of nitrogens with one attached hydrogen (secondary N) is 1. The smallest absolute Gasteiger partial charge is 0.144 e. The second-order valence-corrected chi connectivity index (χ2v) is 7.29. The lowest BCUT2D eigenvalue weighted by atomic mass is 10.0. The van der Waals surface area contributed by atoms with E-state index in [-0.39, 0.29) is 0 Å². The zero-order valence-corrected chi connectivity index (χ0v) is 14.9. The number of aromatic amines is 1. The molecule has 3 aromatic heterocycles. The molecule has 3 heterocycles. The maximum absolute atomic E-state index is 6.34. The van der Waals surface area contributed by atoms with E-state index in [1.165, 1.54) is 5.39 Å². The van der Waals surface area contributed by atoms with Gasteiger partial charge in [0.2, 0.25) is 0 Å². The van der Waals surface area contributed by atoms with Crippen molar-refractivity contribution in [1.82, 2.24) is 9.97 Å². The number of aromatic nitrogens is 2. The van der Waals surface area contributed by atoms with Gasteiger partial charge in [0.15, 0.2) is 0 Å². The molecule has 0 aliphatic heterocycles. The molecule has 0 aliphatic carbocycles. The number of nitrogens with zero attached hydrogens (tertiary/aromatic N) is 1. The minimum Gasteiger partial charge on any atom is -0.455 e. The summed E-state index contributed by atoms with van der Waals surface area (Å²) >= 11 is 0. The minimum absolute atomic E-state index is 0.908. The molecular weight excluding hydrogens is 344 g/mol. The Morgan fingerprint density at radius 3 is 2.25 bits per heavy atom. The summed E-state index contributed by atoms with van der Waals surface area (Å²) in [7, 11) is 0. The number of fused-ring (bicyclic) bond motifs is 12. The Morgan fingerprint density at radius 1 is 0.643 bits per heavy atom. The van der Waals surface area contributed by atoms with Crippen LogP contribution in [0.4, 0.5) is 0 Å². The van der Waals surface area contributed by atoms with Gasteiger partial charge in [-0.25, -0.2) is 0 Å². The first-order valence-electron chi connectivity index (χ1n) is 9.41. The molecule has 0 unspecified atom stereocenters. The van der Waals surface area contributed by atoms with Gasteiger partial charge in [0.1, 0.15) is 11.2 Å². The topological polar surface area (TPSA) is 41.8 Å². The number of hydrogen-bond donors (Lipinski definition) is 1. The Hall–Kier alpha value is -3.85. The van der Waals surface area contributed by atoms with Gasteiger partial charge in [-0.15, -0.1) is 0 Å². The maximum atomic E-state index is 6.34. The van der Waals surface area contributed by atoms with Crippen LogP contribution in [0.25, 0.3) is 65.4 Å². The van der Waals surface area contributed by atoms with Gasteiger partial charge in [0, 0.05) is 43.9 Å². The first kappa shape index (κ1) is 14.2. The lowest BCUT2D eigenvalue weighted by Crippen LogP contribution is -1.79. The number of para-hydroxylation sites is 1. The normalized spacial score (nSPS) is 12.3. The van der Waals surface area contributed by atoms with E-state index in [0.717, 1.165) is 60.0 Å². The first-order chi connectivity index (χ1) is 13.9. The van der Waals surface area contributed by atoms with Crippen LogP contribution < -0.4 is 0 Å². The molecule has 0 fully saturated rings. The first-order valence-corrected chi connectivity index (χ1v) is 9.41. The Morgan fingerprint density at radius 2 is 1.36 bits per heavy atom. The molecule has 1 N–H and O–H groups in total. The predicted molar refractivity (Wildman–Crippen MR) is 116 cm³/mol. The van der Waals surface area contributed by atoms with Crippen molar-refractivity contribution in [3.63, 3.8) is 0 Å². The fourth-order valence-corrected chi connectivity index (χ4v) is 4.61. The molecule has 130 valence electrons. The van der Waals surface area contributed by atoms with Crippen molar-refractivity contribution in [2.45, 2.75) is 0 Å². The van der Waals surface area contributed by atoms with Crippen LogP contribution in [0.2, 0.25) is 0 Å². The van der Waals surface area contributed by atoms with Gasteiger partial charge in [-0.2, -0.15) is 0 Å². The molecule has 0 saturated heterocycles. The van der Waals surface area contributed by atoms with Crippen LogP contribution >= 0.6 is 0 Å². The third kappa shape index (κ3) is 1.62. The van der Waals surface area contributed by atoms with Gasteiger partial charge in [-0.1, -0.05) is 66.7 Å². The van der Waals surface area contributed by atoms with Crippen molar-refractivity contribution < 1.29 is 4.42 Å². The Labute approximate surface area is 159 Å². The molecule has 28 heavy (non-hydrogen) atoms. The number of hydrogen-bond acceptors (Lipinski definition) is 2. The summed E-state index contributed by atoms with van der Waals surface area (Å²) in [5, 5.41) is 8.01. The molecule has 0 atom stereocenters. The van der Waals surface area contributed by atoms with Crippen LogP contribution in [0.1, 0.15) is 0 Å². The van der Waals surface area contributed by atoms with Crippen molar-refractivity contribution in [1.29, 1.82) is 0 Å². The highest BCUT2D eigenvalue weighted by Gasteiger charge is 2.20. The summed E-state index contributed by atoms with van der Waals surface area (Å²) in [6, 6.07) is 25.1. The number of rotatable bonds is 0. The Balaban J connectivity index is 1.90. The van der Waals surface area contributed by atoms with Gasteiger partial charge < -0.3 is 9.40 Å². The SMILES string of the molecule is c1ccc2c(c1)cnc1c2[nH]c2c3ccccc3c3oc4ccccc4c3c12. The fourth-order valence-electron chi connectivity index (χ4n) is 4.61. The number of furan rings is 1. The van der Waals surface area contributed by atoms with Crippen LogP contribution in [0.5, 0.6) is 0 Å². The van der Waals surface area contributed by atoms with Gasteiger partial charge in [0.05, 0.1) is 16.6 Å². The summed E-state index contributed by atoms with van der Waals surface area (Å²) in [4.78, 5) is 8.57. The zero-order valence-electron chi connectivity index (χ0n) is 14.9. The Kier molecular flexibility index (Phi) is 2.49. The molecule has 3 heteroatoms. The van der Waals surface area contributed by atoms with Crippen LogP contribution in [-0.4, -0.2) is 9.97 Å². The van der Waals surface area contributed by atoms with Crippen LogP contribution in [0.3, 0.4) is 0 Å². The maximum Gasteiger partial charge on any atom is 0.144 e. The predicted octanol–water partition coefficient (Wildman–Crippen LogP) is 6.92. The largest absolute Gasteiger partial charge is 0.455 e. The van der Waals surface area contributed by atoms with E-state index in [0.29, 0.717) is 0 Å². The molecule has 0 saturated carbocycles. The highest BCUT2D eigenvalue weighted by atomic mass is 16.3. The monoisotopic (exact) mass is 358 g/mol. The summed E-state index contributed by atoms with van der Waals surface area (Å²) in [6.45, 7) is 0. The molecule has 7 aromatic rings. The molecule has 0 bridgehead atoms. The van der Waals surface area contributed by atoms with Crippen molar-refractivity contribution in [3.05, 3.63) is 79.0 Å². The quantitative estimate of drug-likeness (QED) is 0.320. The van der Waals surface area contributed by atoms with E-state index in [1.807, 2.05) is 18.3 Å². The minimum atomic E-state index is 0.908. The zero-order chi connectivity index (χ0) is 18.2. The molecule has 3 nitrogen and oxygen atoms in total. The summed E-state index contributed by atoms with van der Waals surface area (Å²) in [6.07, 6.45) is 1.97. The van der Waals surface area contributed by atoms with E-state index in [1.54, 1.807) is 0 Å². The standard InChI is InChI=1S/C25H14N2O/c1-2-8-15-14(7-1)13-26-24-21-20-18-11-5-6-12-19(18)28-25(20)17-10-4-3-9-16(17)22(21)27-23(15)24/h1-13,27H. The second kappa shape index (κ2) is 4.90. The molecule has 7 rings (SSSR count). The van der Waals surface area contributed by atoms with E-state index in [4.69, 9.17) is 9.40 Å². The van der Waals surface area contributed by atoms with Crippen LogP contribution in [0.15, 0.2) is 83.4 Å². The highest BCUT2D eigenvalue weighted by Crippen LogP contribution is 2.43. The van der Waals surface area contributed by atoms with Gasteiger partial charge in [-0.3, -0.25) is 4.98 Å². The molecule has 0 amide bonds. The summed E-state index contributed by atoms with van der Waals surface area (Å²) in [5.41, 5.74) is 5.03. The third-order valence-corrected chi connectivity index (χ3v) is 5.82. The Bertz CT molecular complexity index is 1720. The average Bonchev–Trinajstić information content (AvgIpc) is 3.33. The van der Waals surface area contributed by atoms with Crippen molar-refractivity contribution in [2.24, 2.45) is 0 Å². The molecule has 0 spiro atoms.